The van der Waals surface area contributed by atoms with E-state index in [1.807, 2.05) is 0 Å². The predicted octanol–water partition coefficient (Wildman–Crippen LogP) is 1.37. The van der Waals surface area contributed by atoms with Crippen molar-refractivity contribution >= 4 is 17.6 Å². The van der Waals surface area contributed by atoms with E-state index in [-0.39, 0.29) is 17.9 Å². The molecule has 4 nitrogen and oxygen atoms in total. The topological polar surface area (TPSA) is 57.2 Å². The molecule has 0 saturated carbocycles. The summed E-state index contributed by atoms with van der Waals surface area (Å²) < 4.78 is 13.6. The summed E-state index contributed by atoms with van der Waals surface area (Å²) >= 11 is 0. The molecule has 0 spiro atoms. The zero-order chi connectivity index (χ0) is 11.5. The average Bonchev–Trinajstić information content (AvgIpc) is 2.26. The minimum absolute atomic E-state index is 0.245. The van der Waals surface area contributed by atoms with Gasteiger partial charge in [0.2, 0.25) is 5.56 Å². The fourth-order valence-corrected chi connectivity index (χ4v) is 1.50. The van der Waals surface area contributed by atoms with E-state index < -0.39 is 0 Å². The van der Waals surface area contributed by atoms with Crippen molar-refractivity contribution in [2.45, 2.75) is 6.54 Å². The minimum Gasteiger partial charge on any atom is -0.322 e. The maximum absolute atomic E-state index is 13.6. The zero-order valence-corrected chi connectivity index (χ0v) is 8.46. The van der Waals surface area contributed by atoms with Crippen LogP contribution < -0.4 is 11.0 Å². The van der Waals surface area contributed by atoms with E-state index in [0.717, 1.165) is 5.39 Å². The van der Waals surface area contributed by atoms with E-state index in [9.17, 15) is 9.18 Å². The van der Waals surface area contributed by atoms with Crippen molar-refractivity contribution in [3.8, 4) is 0 Å². The SMILES string of the molecule is C=NNCc1cc2ccc(=O)[nH]c2cc1F. The standard InChI is InChI=1S/C11H10FN3O/c1-13-14-6-8-4-7-2-3-11(16)15-10(7)5-9(8)12/h2-5,14H,1,6H2,(H,15,16). The predicted molar refractivity (Wildman–Crippen MR) is 60.9 cm³/mol. The van der Waals surface area contributed by atoms with E-state index in [2.05, 4.69) is 22.2 Å². The number of fused-ring (bicyclic) bond motifs is 1. The van der Waals surface area contributed by atoms with Crippen LogP contribution in [0.5, 0.6) is 0 Å². The number of nitrogens with zero attached hydrogens (tertiary/aromatic N) is 1. The van der Waals surface area contributed by atoms with Gasteiger partial charge in [-0.05, 0) is 23.6 Å². The molecule has 0 radical (unpaired) electrons. The fourth-order valence-electron chi connectivity index (χ4n) is 1.50. The van der Waals surface area contributed by atoms with E-state index in [1.54, 1.807) is 12.1 Å². The van der Waals surface area contributed by atoms with Crippen molar-refractivity contribution in [3.63, 3.8) is 0 Å². The van der Waals surface area contributed by atoms with Crippen LogP contribution >= 0.6 is 0 Å². The van der Waals surface area contributed by atoms with Crippen molar-refractivity contribution in [2.24, 2.45) is 5.10 Å². The molecule has 82 valence electrons. The number of benzene rings is 1. The molecule has 1 aromatic heterocycles. The van der Waals surface area contributed by atoms with Crippen LogP contribution in [-0.2, 0) is 6.54 Å². The highest BCUT2D eigenvalue weighted by Gasteiger charge is 2.04. The molecule has 16 heavy (non-hydrogen) atoms. The summed E-state index contributed by atoms with van der Waals surface area (Å²) in [7, 11) is 0. The van der Waals surface area contributed by atoms with Gasteiger partial charge >= 0.3 is 0 Å². The monoisotopic (exact) mass is 219 g/mol. The minimum atomic E-state index is -0.384. The van der Waals surface area contributed by atoms with Crippen molar-refractivity contribution < 1.29 is 4.39 Å². The first-order valence-corrected chi connectivity index (χ1v) is 4.71. The summed E-state index contributed by atoms with van der Waals surface area (Å²) in [5.41, 5.74) is 3.30. The van der Waals surface area contributed by atoms with Crippen molar-refractivity contribution in [3.05, 3.63) is 46.0 Å². The third-order valence-electron chi connectivity index (χ3n) is 2.27. The number of H-pyrrole nitrogens is 1. The summed E-state index contributed by atoms with van der Waals surface area (Å²) in [6.45, 7) is 3.52. The molecule has 2 rings (SSSR count). The molecule has 0 bridgehead atoms. The highest BCUT2D eigenvalue weighted by Crippen LogP contribution is 2.16. The maximum atomic E-state index is 13.6. The van der Waals surface area contributed by atoms with Gasteiger partial charge in [-0.25, -0.2) is 4.39 Å². The second-order valence-electron chi connectivity index (χ2n) is 3.35. The van der Waals surface area contributed by atoms with E-state index >= 15 is 0 Å². The zero-order valence-electron chi connectivity index (χ0n) is 8.46. The number of aromatic amines is 1. The summed E-state index contributed by atoms with van der Waals surface area (Å²) in [5.74, 6) is -0.384. The van der Waals surface area contributed by atoms with E-state index in [0.29, 0.717) is 11.1 Å². The van der Waals surface area contributed by atoms with Gasteiger partial charge in [-0.1, -0.05) is 0 Å². The third-order valence-corrected chi connectivity index (χ3v) is 2.27. The van der Waals surface area contributed by atoms with Crippen LogP contribution in [0.15, 0.2) is 34.2 Å². The normalized spacial score (nSPS) is 10.3. The molecule has 5 heteroatoms. The third kappa shape index (κ3) is 1.93. The Bertz CT molecular complexity index is 591. The van der Waals surface area contributed by atoms with E-state index in [4.69, 9.17) is 0 Å². The number of hydrogen-bond donors (Lipinski definition) is 2. The number of hydrogen-bond acceptors (Lipinski definition) is 3. The summed E-state index contributed by atoms with van der Waals surface area (Å²) in [5, 5.41) is 4.22. The fraction of sp³-hybridized carbons (Fsp3) is 0.0909. The molecule has 0 aliphatic heterocycles. The van der Waals surface area contributed by atoms with Gasteiger partial charge in [0, 0.05) is 18.3 Å². The van der Waals surface area contributed by atoms with Gasteiger partial charge in [0.15, 0.2) is 0 Å². The Hall–Kier alpha value is -2.17. The molecular weight excluding hydrogens is 209 g/mol. The second kappa shape index (κ2) is 4.14. The number of halogens is 1. The maximum Gasteiger partial charge on any atom is 0.248 e. The van der Waals surface area contributed by atoms with Crippen LogP contribution in [0.1, 0.15) is 5.56 Å². The Morgan fingerprint density at radius 1 is 1.44 bits per heavy atom. The van der Waals surface area contributed by atoms with E-state index in [1.165, 1.54) is 12.1 Å². The quantitative estimate of drug-likeness (QED) is 0.605. The number of aromatic nitrogens is 1. The Labute approximate surface area is 90.8 Å². The molecule has 0 atom stereocenters. The molecule has 2 aromatic rings. The molecule has 1 aromatic carbocycles. The highest BCUT2D eigenvalue weighted by atomic mass is 19.1. The molecule has 0 aliphatic carbocycles. The highest BCUT2D eigenvalue weighted by molar-refractivity contribution is 5.79. The molecular formula is C11H10FN3O. The Balaban J connectivity index is 2.53. The van der Waals surface area contributed by atoms with Crippen molar-refractivity contribution in [1.82, 2.24) is 10.4 Å². The van der Waals surface area contributed by atoms with Gasteiger partial charge in [0.1, 0.15) is 5.82 Å². The summed E-state index contributed by atoms with van der Waals surface area (Å²) in [6.07, 6.45) is 0. The van der Waals surface area contributed by atoms with Gasteiger partial charge in [-0.2, -0.15) is 5.10 Å². The molecule has 0 amide bonds. The first kappa shape index (κ1) is 10.4. The number of nitrogens with one attached hydrogen (secondary N) is 2. The molecule has 0 saturated heterocycles. The van der Waals surface area contributed by atoms with Gasteiger partial charge in [-0.3, -0.25) is 4.79 Å². The van der Waals surface area contributed by atoms with Crippen LogP contribution in [0.3, 0.4) is 0 Å². The van der Waals surface area contributed by atoms with Gasteiger partial charge in [-0.15, -0.1) is 0 Å². The lowest BCUT2D eigenvalue weighted by Crippen LogP contribution is -2.07. The second-order valence-corrected chi connectivity index (χ2v) is 3.35. The lowest BCUT2D eigenvalue weighted by atomic mass is 10.1. The van der Waals surface area contributed by atoms with Crippen LogP contribution in [0.4, 0.5) is 4.39 Å². The number of pyridine rings is 1. The summed E-state index contributed by atoms with van der Waals surface area (Å²) in [6, 6.07) is 6.03. The van der Waals surface area contributed by atoms with Crippen molar-refractivity contribution in [2.75, 3.05) is 0 Å². The Kier molecular flexibility index (Phi) is 2.68. The molecule has 1 heterocycles. The summed E-state index contributed by atoms with van der Waals surface area (Å²) in [4.78, 5) is 13.6. The number of rotatable bonds is 3. The van der Waals surface area contributed by atoms with Crippen LogP contribution in [0.2, 0.25) is 0 Å². The molecule has 0 fully saturated rings. The Morgan fingerprint density at radius 3 is 3.00 bits per heavy atom. The molecule has 2 N–H and O–H groups in total. The van der Waals surface area contributed by atoms with Gasteiger partial charge < -0.3 is 10.4 Å². The van der Waals surface area contributed by atoms with Gasteiger partial charge in [0.25, 0.3) is 0 Å². The largest absolute Gasteiger partial charge is 0.322 e. The first-order chi connectivity index (χ1) is 7.70. The van der Waals surface area contributed by atoms with Crippen LogP contribution in [-0.4, -0.2) is 11.7 Å². The first-order valence-electron chi connectivity index (χ1n) is 4.71. The molecule has 0 unspecified atom stereocenters. The number of hydrazone groups is 1. The van der Waals surface area contributed by atoms with Crippen LogP contribution in [0.25, 0.3) is 10.9 Å². The Morgan fingerprint density at radius 2 is 2.25 bits per heavy atom. The lowest BCUT2D eigenvalue weighted by Gasteiger charge is -2.05. The smallest absolute Gasteiger partial charge is 0.248 e. The van der Waals surface area contributed by atoms with Crippen LogP contribution in [0, 0.1) is 5.82 Å². The van der Waals surface area contributed by atoms with Gasteiger partial charge in [0.05, 0.1) is 12.1 Å². The molecule has 0 aliphatic rings. The lowest BCUT2D eigenvalue weighted by molar-refractivity contribution is 0.597. The average molecular weight is 219 g/mol. The van der Waals surface area contributed by atoms with Crippen molar-refractivity contribution in [1.29, 1.82) is 0 Å².